The lowest BCUT2D eigenvalue weighted by Gasteiger charge is -2.44. The molecular weight excluding hydrogens is 1780 g/mol. The Labute approximate surface area is 766 Å². The zero-order valence-corrected chi connectivity index (χ0v) is 78.3. The highest BCUT2D eigenvalue weighted by molar-refractivity contribution is 7.51. The van der Waals surface area contributed by atoms with Crippen molar-refractivity contribution in [1.29, 1.82) is 0 Å². The number of aliphatic hydroxyl groups is 1. The van der Waals surface area contributed by atoms with E-state index in [2.05, 4.69) is 42.5 Å². The van der Waals surface area contributed by atoms with E-state index >= 15 is 0 Å². The molecule has 17 atom stereocenters. The summed E-state index contributed by atoms with van der Waals surface area (Å²) < 4.78 is 101. The fourth-order valence-electron chi connectivity index (χ4n) is 13.9. The predicted octanol–water partition coefficient (Wildman–Crippen LogP) is -1.15. The summed E-state index contributed by atoms with van der Waals surface area (Å²) in [5.41, 5.74) is 0. The Balaban J connectivity index is 1.62. The van der Waals surface area contributed by atoms with Gasteiger partial charge in [-0.2, -0.15) is 0 Å². The smallest absolute Gasteiger partial charge is 0.325 e. The standard InChI is InChI=1S/C83H135N10O38P/c1-49(94)89-71-77(126-58(10)103)74(123-55(7)100)62(46-119-52(4)97)129-81(71)116-42-19-14-27-65(107)84-33-22-30-68(110)87-36-25-40-92(70(112)32-24-35-86-67(109)29-16-21-44-118-83-73(91-51(3)96)79(128-60(12)105)76(125-57(9)102)64(131-83)48-121-54(6)99)38-17-18-39-93(80(113)61(106)45-122-132(13,114)115)41-26-37-88-69(111)31-23-34-85-66(108)28-15-20-43-117-82-72(90-50(2)95)78(127-59(11)104)75(124-56(8)101)63(130-82)47-120-53(5)98/h61-64,71-79,81-83,106H,14-48H2,1-13H3,(H,84,107)(H,85,108)(H,86,109)(H,87,110)(H,88,111)(H,89,94)(H,90,95)(H,91,96)(H,114,115). The molecule has 0 aromatic carbocycles. The van der Waals surface area contributed by atoms with Gasteiger partial charge in [0.2, 0.25) is 53.2 Å². The van der Waals surface area contributed by atoms with Gasteiger partial charge in [0.15, 0.2) is 61.6 Å². The van der Waals surface area contributed by atoms with Gasteiger partial charge in [-0.15, -0.1) is 0 Å². The average Bonchev–Trinajstić information content (AvgIpc) is 0.794. The molecular formula is C83H135N10O38P. The van der Waals surface area contributed by atoms with Crippen LogP contribution in [-0.2, 0) is 171 Å². The van der Waals surface area contributed by atoms with Crippen LogP contribution in [0.15, 0.2) is 0 Å². The second-order valence-electron chi connectivity index (χ2n) is 31.4. The number of ether oxygens (including phenoxy) is 15. The molecule has 49 heteroatoms. The van der Waals surface area contributed by atoms with Crippen LogP contribution in [0, 0.1) is 0 Å². The number of hydrogen-bond acceptors (Lipinski definition) is 37. The van der Waals surface area contributed by atoms with E-state index in [0.29, 0.717) is 25.7 Å². The molecule has 750 valence electrons. The van der Waals surface area contributed by atoms with Crippen molar-refractivity contribution in [1.82, 2.24) is 52.3 Å². The maximum absolute atomic E-state index is 14.1. The van der Waals surface area contributed by atoms with Gasteiger partial charge < -0.3 is 138 Å². The van der Waals surface area contributed by atoms with Crippen molar-refractivity contribution in [2.24, 2.45) is 0 Å². The summed E-state index contributed by atoms with van der Waals surface area (Å²) in [4.78, 5) is 251. The fraction of sp³-hybridized carbons (Fsp3) is 0.771. The van der Waals surface area contributed by atoms with E-state index in [1.165, 1.54) is 25.7 Å². The minimum Gasteiger partial charge on any atom is -0.463 e. The number of esters is 9. The van der Waals surface area contributed by atoms with Crippen molar-refractivity contribution in [2.45, 2.75) is 303 Å². The van der Waals surface area contributed by atoms with Crippen molar-refractivity contribution < 1.29 is 181 Å². The molecule has 0 radical (unpaired) electrons. The minimum atomic E-state index is -4.14. The van der Waals surface area contributed by atoms with E-state index in [-0.39, 0.29) is 210 Å². The molecule has 17 unspecified atom stereocenters. The monoisotopic (exact) mass is 1910 g/mol. The highest BCUT2D eigenvalue weighted by atomic mass is 31.2. The van der Waals surface area contributed by atoms with Crippen LogP contribution in [0.3, 0.4) is 0 Å². The normalized spacial score (nSPS) is 22.0. The molecule has 0 bridgehead atoms. The maximum atomic E-state index is 14.1. The van der Waals surface area contributed by atoms with Crippen LogP contribution in [0.25, 0.3) is 0 Å². The number of hydrogen-bond donors (Lipinski definition) is 10. The van der Waals surface area contributed by atoms with E-state index in [9.17, 15) is 106 Å². The molecule has 0 aromatic heterocycles. The summed E-state index contributed by atoms with van der Waals surface area (Å²) in [6.45, 7) is 13.1. The van der Waals surface area contributed by atoms with Gasteiger partial charge in [0.05, 0.1) is 6.61 Å². The van der Waals surface area contributed by atoms with E-state index in [4.69, 9.17) is 75.6 Å². The van der Waals surface area contributed by atoms with Crippen LogP contribution in [0.1, 0.15) is 205 Å². The number of carbonyl (C=O) groups excluding carboxylic acids is 19. The van der Waals surface area contributed by atoms with E-state index in [1.807, 2.05) is 0 Å². The van der Waals surface area contributed by atoms with Crippen LogP contribution in [0.5, 0.6) is 0 Å². The lowest BCUT2D eigenvalue weighted by atomic mass is 9.96. The van der Waals surface area contributed by atoms with Crippen LogP contribution < -0.4 is 42.5 Å². The average molecular weight is 1910 g/mol. The van der Waals surface area contributed by atoms with Crippen LogP contribution in [0.2, 0.25) is 0 Å². The molecule has 3 aliphatic rings. The number of carbonyl (C=O) groups is 19. The Hall–Kier alpha value is -10.2. The van der Waals surface area contributed by atoms with Crippen molar-refractivity contribution in [3.8, 4) is 0 Å². The first-order chi connectivity index (χ1) is 62.3. The molecule has 132 heavy (non-hydrogen) atoms. The lowest BCUT2D eigenvalue weighted by Crippen LogP contribution is -2.66. The highest BCUT2D eigenvalue weighted by Crippen LogP contribution is 2.37. The Morgan fingerprint density at radius 1 is 0.333 bits per heavy atom. The Kier molecular flexibility index (Phi) is 55.4. The summed E-state index contributed by atoms with van der Waals surface area (Å²) >= 11 is 0. The van der Waals surface area contributed by atoms with Gasteiger partial charge >= 0.3 is 61.3 Å². The molecule has 0 spiro atoms. The van der Waals surface area contributed by atoms with E-state index < -0.39 is 209 Å². The van der Waals surface area contributed by atoms with Crippen LogP contribution >= 0.6 is 7.60 Å². The second-order valence-corrected chi connectivity index (χ2v) is 33.3. The van der Waals surface area contributed by atoms with Crippen molar-refractivity contribution in [3.05, 3.63) is 0 Å². The molecule has 48 nitrogen and oxygen atoms in total. The minimum absolute atomic E-state index is 0.0000785. The first-order valence-electron chi connectivity index (χ1n) is 43.9. The molecule has 0 aliphatic carbocycles. The Morgan fingerprint density at radius 3 is 0.871 bits per heavy atom. The van der Waals surface area contributed by atoms with Gasteiger partial charge in [-0.3, -0.25) is 95.7 Å². The number of aliphatic hydroxyl groups excluding tert-OH is 1. The summed E-state index contributed by atoms with van der Waals surface area (Å²) in [6.07, 6.45) is -13.8. The lowest BCUT2D eigenvalue weighted by molar-refractivity contribution is -0.277. The Bertz CT molecular complexity index is 3820. The summed E-state index contributed by atoms with van der Waals surface area (Å²) in [5, 5.41) is 32.6. The first kappa shape index (κ1) is 116. The molecule has 0 aromatic rings. The third-order valence-electron chi connectivity index (χ3n) is 19.5. The zero-order chi connectivity index (χ0) is 98.6. The summed E-state index contributed by atoms with van der Waals surface area (Å²) in [5.74, 6) is -11.4. The molecule has 3 rings (SSSR count). The molecule has 3 saturated heterocycles. The number of nitrogens with one attached hydrogen (secondary N) is 8. The number of nitrogens with zero attached hydrogens (tertiary/aromatic N) is 2. The van der Waals surface area contributed by atoms with E-state index in [1.54, 1.807) is 4.90 Å². The van der Waals surface area contributed by atoms with Gasteiger partial charge in [0.1, 0.15) is 56.3 Å². The zero-order valence-electron chi connectivity index (χ0n) is 77.4. The summed E-state index contributed by atoms with van der Waals surface area (Å²) in [6, 6.07) is -3.56. The quantitative estimate of drug-likeness (QED) is 0.0149. The largest absolute Gasteiger partial charge is 0.463 e. The SMILES string of the molecule is CC(=O)NC1C(OCCCCC(=O)NCCCC(=O)NCCCN(CCCCN(CCCNC(=O)CCCNC(=O)CCCCOC2OC(COC(C)=O)C(OC(C)=O)C(OC(C)=O)C2NC(C)=O)C(=O)C(O)COP(C)(=O)O)C(=O)CCCNC(=O)CCCCOC2OC(COC(C)=O)C(OC(C)=O)C(OC(C)=O)C2NC(C)=O)OC(COC(C)=O)C(OC(C)=O)C1OC(C)=O. The Morgan fingerprint density at radius 2 is 0.591 bits per heavy atom. The van der Waals surface area contributed by atoms with Gasteiger partial charge in [-0.05, 0) is 83.5 Å². The number of rotatable bonds is 62. The van der Waals surface area contributed by atoms with Crippen LogP contribution in [-0.4, -0.2) is 342 Å². The molecule has 0 saturated carbocycles. The number of amides is 10. The predicted molar refractivity (Wildman–Crippen MR) is 454 cm³/mol. The van der Waals surface area contributed by atoms with Crippen LogP contribution in [0.4, 0.5) is 0 Å². The number of unbranched alkanes of at least 4 members (excludes halogenated alkanes) is 4. The maximum Gasteiger partial charge on any atom is 0.325 e. The van der Waals surface area contributed by atoms with Crippen molar-refractivity contribution in [2.75, 3.05) is 112 Å². The molecule has 3 aliphatic heterocycles. The van der Waals surface area contributed by atoms with E-state index in [0.717, 1.165) is 69.0 Å². The fourth-order valence-corrected chi connectivity index (χ4v) is 14.3. The second kappa shape index (κ2) is 63.1. The molecule has 10 amide bonds. The first-order valence-corrected chi connectivity index (χ1v) is 46.0. The highest BCUT2D eigenvalue weighted by Gasteiger charge is 2.55. The molecule has 3 heterocycles. The van der Waals surface area contributed by atoms with Gasteiger partial charge in [0, 0.05) is 207 Å². The van der Waals surface area contributed by atoms with Crippen molar-refractivity contribution in [3.63, 3.8) is 0 Å². The third kappa shape index (κ3) is 49.5. The third-order valence-corrected chi connectivity index (χ3v) is 20.2. The topological polar surface area (TPSA) is 632 Å². The van der Waals surface area contributed by atoms with Gasteiger partial charge in [-0.25, -0.2) is 0 Å². The molecule has 10 N–H and O–H groups in total. The van der Waals surface area contributed by atoms with Crippen molar-refractivity contribution >= 4 is 120 Å². The summed E-state index contributed by atoms with van der Waals surface area (Å²) in [7, 11) is -4.14. The molecule has 3 fully saturated rings. The van der Waals surface area contributed by atoms with Gasteiger partial charge in [-0.1, -0.05) is 0 Å². The van der Waals surface area contributed by atoms with Gasteiger partial charge in [0.25, 0.3) is 5.91 Å².